The highest BCUT2D eigenvalue weighted by molar-refractivity contribution is 5.89. The van der Waals surface area contributed by atoms with E-state index in [1.54, 1.807) is 0 Å². The van der Waals surface area contributed by atoms with E-state index >= 15 is 0 Å². The molecule has 35 heavy (non-hydrogen) atoms. The maximum Gasteiger partial charge on any atom is 0.319 e. The van der Waals surface area contributed by atoms with Gasteiger partial charge in [-0.15, -0.1) is 0 Å². The lowest BCUT2D eigenvalue weighted by molar-refractivity contribution is 0.184. The number of urea groups is 1. The van der Waals surface area contributed by atoms with Crippen LogP contribution in [0.2, 0.25) is 0 Å². The average molecular weight is 470 g/mol. The Bertz CT molecular complexity index is 1110. The van der Waals surface area contributed by atoms with Crippen LogP contribution in [0.4, 0.5) is 10.5 Å². The number of carbonyl (C=O) groups is 1. The summed E-state index contributed by atoms with van der Waals surface area (Å²) in [7, 11) is 0. The highest BCUT2D eigenvalue weighted by Crippen LogP contribution is 2.34. The number of hydrogen-bond acceptors (Lipinski definition) is 4. The fraction of sp³-hybridized carbons (Fsp3) is 0.379. The molecule has 0 saturated carbocycles. The monoisotopic (exact) mass is 469 g/mol. The van der Waals surface area contributed by atoms with E-state index in [1.807, 2.05) is 36.4 Å². The van der Waals surface area contributed by atoms with Crippen molar-refractivity contribution in [3.8, 4) is 6.07 Å². The third-order valence-electron chi connectivity index (χ3n) is 6.97. The third kappa shape index (κ3) is 6.32. The first-order chi connectivity index (χ1) is 17.0. The Morgan fingerprint density at radius 1 is 1.09 bits per heavy atom. The van der Waals surface area contributed by atoms with Gasteiger partial charge in [0.05, 0.1) is 11.5 Å². The molecule has 6 nitrogen and oxygen atoms in total. The van der Waals surface area contributed by atoms with E-state index in [0.717, 1.165) is 67.1 Å². The number of allylic oxidation sites excluding steroid dienone is 4. The van der Waals surface area contributed by atoms with Crippen LogP contribution in [0.3, 0.4) is 0 Å². The number of piperidine rings is 1. The zero-order valence-electron chi connectivity index (χ0n) is 20.7. The second-order valence-electron chi connectivity index (χ2n) is 9.61. The average Bonchev–Trinajstić information content (AvgIpc) is 2.87. The minimum Gasteiger partial charge on any atom is -0.363 e. The van der Waals surface area contributed by atoms with E-state index in [0.29, 0.717) is 6.54 Å². The number of dihydropyridines is 1. The van der Waals surface area contributed by atoms with E-state index in [2.05, 4.69) is 71.1 Å². The number of hydrogen-bond donors (Lipinski definition) is 3. The summed E-state index contributed by atoms with van der Waals surface area (Å²) in [6.07, 6.45) is 6.94. The first-order valence-corrected chi connectivity index (χ1v) is 12.5. The second-order valence-corrected chi connectivity index (χ2v) is 9.61. The van der Waals surface area contributed by atoms with Crippen LogP contribution >= 0.6 is 0 Å². The van der Waals surface area contributed by atoms with Crippen molar-refractivity contribution in [3.63, 3.8) is 0 Å². The predicted octanol–water partition coefficient (Wildman–Crippen LogP) is 5.25. The van der Waals surface area contributed by atoms with Gasteiger partial charge < -0.3 is 20.9 Å². The van der Waals surface area contributed by atoms with Crippen LogP contribution in [0.15, 0.2) is 78.1 Å². The number of rotatable bonds is 7. The number of benzene rings is 2. The smallest absolute Gasteiger partial charge is 0.319 e. The Morgan fingerprint density at radius 3 is 2.49 bits per heavy atom. The van der Waals surface area contributed by atoms with Gasteiger partial charge in [-0.25, -0.2) is 4.79 Å². The minimum atomic E-state index is -0.373. The number of nitrogens with one attached hydrogen (secondary N) is 3. The zero-order valence-corrected chi connectivity index (χ0v) is 20.7. The fourth-order valence-corrected chi connectivity index (χ4v) is 5.06. The molecule has 1 saturated heterocycles. The molecule has 0 aliphatic carbocycles. The Morgan fingerprint density at radius 2 is 1.80 bits per heavy atom. The quantitative estimate of drug-likeness (QED) is 0.484. The lowest BCUT2D eigenvalue weighted by Crippen LogP contribution is -2.42. The molecule has 0 radical (unpaired) electrons. The molecule has 3 N–H and O–H groups in total. The van der Waals surface area contributed by atoms with Gasteiger partial charge in [-0.3, -0.25) is 0 Å². The van der Waals surface area contributed by atoms with Crippen LogP contribution in [0.5, 0.6) is 0 Å². The second kappa shape index (κ2) is 11.2. The van der Waals surface area contributed by atoms with Crippen LogP contribution < -0.4 is 16.0 Å². The van der Waals surface area contributed by atoms with Crippen LogP contribution in [0.25, 0.3) is 0 Å². The zero-order chi connectivity index (χ0) is 24.7. The minimum absolute atomic E-state index is 0.183. The maximum atomic E-state index is 12.4. The lowest BCUT2D eigenvalue weighted by atomic mass is 9.74. The molecule has 2 heterocycles. The summed E-state index contributed by atoms with van der Waals surface area (Å²) in [5, 5.41) is 19.1. The van der Waals surface area contributed by atoms with Crippen molar-refractivity contribution < 1.29 is 4.79 Å². The van der Waals surface area contributed by atoms with E-state index in [1.165, 1.54) is 0 Å². The summed E-state index contributed by atoms with van der Waals surface area (Å²) >= 11 is 0. The molecule has 1 fully saturated rings. The Hall–Kier alpha value is -3.56. The van der Waals surface area contributed by atoms with Gasteiger partial charge in [-0.2, -0.15) is 5.26 Å². The van der Waals surface area contributed by atoms with Crippen molar-refractivity contribution in [2.45, 2.75) is 44.4 Å². The van der Waals surface area contributed by atoms with Crippen molar-refractivity contribution in [2.75, 3.05) is 31.5 Å². The highest BCUT2D eigenvalue weighted by atomic mass is 16.2. The molecule has 0 spiro atoms. The SMILES string of the molecule is CC1=CC(c2cccc(NC(=O)NCCCN3CCC(C#N)(c4ccccc4)CC3)c2)C=C(C)N1. The maximum absolute atomic E-state index is 12.4. The summed E-state index contributed by atoms with van der Waals surface area (Å²) in [6.45, 7) is 7.46. The molecular formula is C29H35N5O. The largest absolute Gasteiger partial charge is 0.363 e. The van der Waals surface area contributed by atoms with Crippen LogP contribution in [-0.4, -0.2) is 37.1 Å². The number of amides is 2. The van der Waals surface area contributed by atoms with Gasteiger partial charge in [0.2, 0.25) is 0 Å². The standard InChI is InChI=1S/C29H35N5O/c1-22-18-25(19-23(2)32-22)24-8-6-11-27(20-24)33-28(35)31-14-7-15-34-16-12-29(21-30,13-17-34)26-9-4-3-5-10-26/h3-6,8-11,18-20,25,32H,7,12-17H2,1-2H3,(H2,31,33,35). The molecule has 0 unspecified atom stereocenters. The number of nitrogens with zero attached hydrogens (tertiary/aromatic N) is 2. The van der Waals surface area contributed by atoms with E-state index < -0.39 is 0 Å². The van der Waals surface area contributed by atoms with E-state index in [9.17, 15) is 10.1 Å². The van der Waals surface area contributed by atoms with Crippen LogP contribution in [-0.2, 0) is 5.41 Å². The van der Waals surface area contributed by atoms with E-state index in [-0.39, 0.29) is 17.4 Å². The third-order valence-corrected chi connectivity index (χ3v) is 6.97. The van der Waals surface area contributed by atoms with Crippen molar-refractivity contribution in [1.82, 2.24) is 15.5 Å². The molecule has 2 aliphatic heterocycles. The van der Waals surface area contributed by atoms with Crippen LogP contribution in [0, 0.1) is 11.3 Å². The number of carbonyl (C=O) groups excluding carboxylic acids is 1. The number of nitriles is 1. The van der Waals surface area contributed by atoms with Gasteiger partial charge in [0.15, 0.2) is 0 Å². The first kappa shape index (κ1) is 24.6. The molecule has 182 valence electrons. The van der Waals surface area contributed by atoms with Gasteiger partial charge >= 0.3 is 6.03 Å². The topological polar surface area (TPSA) is 80.2 Å². The predicted molar refractivity (Wildman–Crippen MR) is 141 cm³/mol. The summed E-state index contributed by atoms with van der Waals surface area (Å²) in [4.78, 5) is 14.8. The molecule has 2 aliphatic rings. The highest BCUT2D eigenvalue weighted by Gasteiger charge is 2.36. The fourth-order valence-electron chi connectivity index (χ4n) is 5.06. The summed E-state index contributed by atoms with van der Waals surface area (Å²) < 4.78 is 0. The Kier molecular flexibility index (Phi) is 7.89. The molecule has 0 bridgehead atoms. The van der Waals surface area contributed by atoms with Gasteiger partial charge in [-0.05, 0) is 76.0 Å². The normalized spacial score (nSPS) is 18.0. The number of likely N-dealkylation sites (tertiary alicyclic amines) is 1. The molecule has 6 heteroatoms. The molecular weight excluding hydrogens is 434 g/mol. The summed E-state index contributed by atoms with van der Waals surface area (Å²) in [5.74, 6) is 0.201. The van der Waals surface area contributed by atoms with Crippen molar-refractivity contribution in [2.24, 2.45) is 0 Å². The molecule has 4 rings (SSSR count). The first-order valence-electron chi connectivity index (χ1n) is 12.5. The molecule has 0 atom stereocenters. The van der Waals surface area contributed by atoms with Gasteiger partial charge in [0, 0.05) is 29.5 Å². The number of anilines is 1. The van der Waals surface area contributed by atoms with Gasteiger partial charge in [0.25, 0.3) is 0 Å². The Balaban J connectivity index is 1.20. The van der Waals surface area contributed by atoms with E-state index in [4.69, 9.17) is 0 Å². The molecule has 0 aromatic heterocycles. The van der Waals surface area contributed by atoms with Crippen molar-refractivity contribution in [1.29, 1.82) is 5.26 Å². The van der Waals surface area contributed by atoms with Crippen LogP contribution in [0.1, 0.15) is 50.2 Å². The molecule has 2 aromatic rings. The van der Waals surface area contributed by atoms with Crippen molar-refractivity contribution in [3.05, 3.63) is 89.3 Å². The summed E-state index contributed by atoms with van der Waals surface area (Å²) in [6, 6.07) is 20.6. The van der Waals surface area contributed by atoms with Crippen molar-refractivity contribution >= 4 is 11.7 Å². The summed E-state index contributed by atoms with van der Waals surface area (Å²) in [5.41, 5.74) is 4.97. The van der Waals surface area contributed by atoms with Gasteiger partial charge in [0.1, 0.15) is 0 Å². The van der Waals surface area contributed by atoms with Gasteiger partial charge in [-0.1, -0.05) is 54.6 Å². The Labute approximate surface area is 208 Å². The lowest BCUT2D eigenvalue weighted by Gasteiger charge is -2.37. The molecule has 2 aromatic carbocycles. The molecule has 2 amide bonds.